The molecular weight excluding hydrogens is 180 g/mol. The Bertz CT molecular complexity index is 284. The lowest BCUT2D eigenvalue weighted by molar-refractivity contribution is 0.184. The standard InChI is InChI=1S/C11H16O3/c1-4-14-10-6-5-9(8-12-2)7-11(10)13-3/h5-7H,4,8H2,1-3H3. The van der Waals surface area contributed by atoms with E-state index in [0.717, 1.165) is 17.1 Å². The van der Waals surface area contributed by atoms with Crippen molar-refractivity contribution in [1.29, 1.82) is 0 Å². The Morgan fingerprint density at radius 1 is 1.14 bits per heavy atom. The molecule has 0 heterocycles. The minimum atomic E-state index is 0.586. The van der Waals surface area contributed by atoms with Gasteiger partial charge < -0.3 is 14.2 Å². The van der Waals surface area contributed by atoms with Crippen molar-refractivity contribution in [2.24, 2.45) is 0 Å². The maximum atomic E-state index is 5.40. The number of hydrogen-bond donors (Lipinski definition) is 0. The second-order valence-electron chi connectivity index (χ2n) is 2.85. The van der Waals surface area contributed by atoms with Gasteiger partial charge in [0.1, 0.15) is 0 Å². The first-order valence-corrected chi connectivity index (χ1v) is 4.60. The predicted octanol–water partition coefficient (Wildman–Crippen LogP) is 2.24. The van der Waals surface area contributed by atoms with Gasteiger partial charge in [-0.05, 0) is 24.6 Å². The van der Waals surface area contributed by atoms with Gasteiger partial charge >= 0.3 is 0 Å². The maximum absolute atomic E-state index is 5.40. The number of hydrogen-bond acceptors (Lipinski definition) is 3. The maximum Gasteiger partial charge on any atom is 0.161 e. The van der Waals surface area contributed by atoms with E-state index in [9.17, 15) is 0 Å². The van der Waals surface area contributed by atoms with Crippen LogP contribution in [0, 0.1) is 0 Å². The zero-order chi connectivity index (χ0) is 10.4. The summed E-state index contributed by atoms with van der Waals surface area (Å²) in [7, 11) is 3.30. The van der Waals surface area contributed by atoms with Crippen LogP contribution >= 0.6 is 0 Å². The molecule has 0 bridgehead atoms. The van der Waals surface area contributed by atoms with Crippen LogP contribution in [-0.2, 0) is 11.3 Å². The third-order valence-electron chi connectivity index (χ3n) is 1.84. The number of methoxy groups -OCH3 is 2. The van der Waals surface area contributed by atoms with Crippen molar-refractivity contribution >= 4 is 0 Å². The molecule has 0 N–H and O–H groups in total. The highest BCUT2D eigenvalue weighted by molar-refractivity contribution is 5.42. The Balaban J connectivity index is 2.87. The third-order valence-corrected chi connectivity index (χ3v) is 1.84. The van der Waals surface area contributed by atoms with Crippen LogP contribution in [0.15, 0.2) is 18.2 Å². The molecule has 0 atom stereocenters. The van der Waals surface area contributed by atoms with E-state index in [4.69, 9.17) is 14.2 Å². The normalized spacial score (nSPS) is 9.93. The van der Waals surface area contributed by atoms with Crippen LogP contribution in [0.1, 0.15) is 12.5 Å². The first-order chi connectivity index (χ1) is 6.81. The molecular formula is C11H16O3. The lowest BCUT2D eigenvalue weighted by Crippen LogP contribution is -1.96. The van der Waals surface area contributed by atoms with Crippen molar-refractivity contribution in [1.82, 2.24) is 0 Å². The Kier molecular flexibility index (Phi) is 4.26. The molecule has 0 aliphatic rings. The van der Waals surface area contributed by atoms with E-state index in [0.29, 0.717) is 13.2 Å². The van der Waals surface area contributed by atoms with Crippen LogP contribution < -0.4 is 9.47 Å². The highest BCUT2D eigenvalue weighted by Gasteiger charge is 2.04. The van der Waals surface area contributed by atoms with Crippen molar-refractivity contribution < 1.29 is 14.2 Å². The van der Waals surface area contributed by atoms with Gasteiger partial charge in [0.2, 0.25) is 0 Å². The number of ether oxygens (including phenoxy) is 3. The summed E-state index contributed by atoms with van der Waals surface area (Å²) in [6.45, 7) is 3.17. The second-order valence-corrected chi connectivity index (χ2v) is 2.85. The van der Waals surface area contributed by atoms with E-state index in [1.807, 2.05) is 25.1 Å². The zero-order valence-corrected chi connectivity index (χ0v) is 8.87. The number of rotatable bonds is 5. The van der Waals surface area contributed by atoms with Gasteiger partial charge in [0.05, 0.1) is 20.3 Å². The fraction of sp³-hybridized carbons (Fsp3) is 0.455. The van der Waals surface area contributed by atoms with Crippen LogP contribution in [0.4, 0.5) is 0 Å². The molecule has 3 heteroatoms. The minimum Gasteiger partial charge on any atom is -0.493 e. The molecule has 1 aromatic carbocycles. The third kappa shape index (κ3) is 2.64. The molecule has 0 unspecified atom stereocenters. The highest BCUT2D eigenvalue weighted by atomic mass is 16.5. The van der Waals surface area contributed by atoms with E-state index >= 15 is 0 Å². The lowest BCUT2D eigenvalue weighted by atomic mass is 10.2. The Labute approximate surface area is 84.6 Å². The zero-order valence-electron chi connectivity index (χ0n) is 8.87. The molecule has 0 aromatic heterocycles. The van der Waals surface area contributed by atoms with Gasteiger partial charge in [0.15, 0.2) is 11.5 Å². The molecule has 0 aliphatic heterocycles. The van der Waals surface area contributed by atoms with E-state index < -0.39 is 0 Å². The van der Waals surface area contributed by atoms with Crippen LogP contribution in [0.25, 0.3) is 0 Å². The summed E-state index contributed by atoms with van der Waals surface area (Å²) in [5.41, 5.74) is 1.08. The predicted molar refractivity (Wildman–Crippen MR) is 54.9 cm³/mol. The largest absolute Gasteiger partial charge is 0.493 e. The summed E-state index contributed by atoms with van der Waals surface area (Å²) in [5.74, 6) is 1.52. The molecule has 78 valence electrons. The SMILES string of the molecule is CCOc1ccc(COC)cc1OC. The summed E-state index contributed by atoms with van der Waals surface area (Å²) in [4.78, 5) is 0. The Morgan fingerprint density at radius 2 is 1.93 bits per heavy atom. The molecule has 14 heavy (non-hydrogen) atoms. The number of benzene rings is 1. The molecule has 0 amide bonds. The summed E-state index contributed by atoms with van der Waals surface area (Å²) in [6.07, 6.45) is 0. The van der Waals surface area contributed by atoms with Crippen LogP contribution in [0.3, 0.4) is 0 Å². The summed E-state index contributed by atoms with van der Waals surface area (Å²) < 4.78 is 15.6. The molecule has 0 spiro atoms. The molecule has 0 saturated heterocycles. The quantitative estimate of drug-likeness (QED) is 0.722. The average Bonchev–Trinajstić information content (AvgIpc) is 2.21. The van der Waals surface area contributed by atoms with E-state index in [2.05, 4.69) is 0 Å². The van der Waals surface area contributed by atoms with Crippen molar-refractivity contribution in [3.63, 3.8) is 0 Å². The Morgan fingerprint density at radius 3 is 2.50 bits per heavy atom. The van der Waals surface area contributed by atoms with Gasteiger partial charge in [-0.3, -0.25) is 0 Å². The lowest BCUT2D eigenvalue weighted by Gasteiger charge is -2.10. The summed E-state index contributed by atoms with van der Waals surface area (Å²) in [6, 6.07) is 5.79. The van der Waals surface area contributed by atoms with Crippen LogP contribution in [0.5, 0.6) is 11.5 Å². The van der Waals surface area contributed by atoms with E-state index in [1.54, 1.807) is 14.2 Å². The van der Waals surface area contributed by atoms with Crippen molar-refractivity contribution in [3.8, 4) is 11.5 Å². The monoisotopic (exact) mass is 196 g/mol. The molecule has 0 fully saturated rings. The smallest absolute Gasteiger partial charge is 0.161 e. The fourth-order valence-electron chi connectivity index (χ4n) is 1.24. The molecule has 0 radical (unpaired) electrons. The van der Waals surface area contributed by atoms with Crippen LogP contribution in [0.2, 0.25) is 0 Å². The van der Waals surface area contributed by atoms with Gasteiger partial charge in [-0.1, -0.05) is 6.07 Å². The molecule has 0 aliphatic carbocycles. The Hall–Kier alpha value is -1.22. The minimum absolute atomic E-state index is 0.586. The summed E-state index contributed by atoms with van der Waals surface area (Å²) in [5, 5.41) is 0. The van der Waals surface area contributed by atoms with Gasteiger partial charge in [-0.25, -0.2) is 0 Å². The molecule has 1 rings (SSSR count). The first-order valence-electron chi connectivity index (χ1n) is 4.60. The topological polar surface area (TPSA) is 27.7 Å². The van der Waals surface area contributed by atoms with Gasteiger partial charge in [0, 0.05) is 7.11 Å². The summed E-state index contributed by atoms with van der Waals surface area (Å²) >= 11 is 0. The van der Waals surface area contributed by atoms with Crippen LogP contribution in [-0.4, -0.2) is 20.8 Å². The highest BCUT2D eigenvalue weighted by Crippen LogP contribution is 2.28. The first kappa shape index (κ1) is 10.9. The second kappa shape index (κ2) is 5.50. The molecule has 0 saturated carbocycles. The van der Waals surface area contributed by atoms with Gasteiger partial charge in [0.25, 0.3) is 0 Å². The molecule has 1 aromatic rings. The fourth-order valence-corrected chi connectivity index (χ4v) is 1.24. The average molecular weight is 196 g/mol. The van der Waals surface area contributed by atoms with Gasteiger partial charge in [-0.15, -0.1) is 0 Å². The van der Waals surface area contributed by atoms with E-state index in [1.165, 1.54) is 0 Å². The molecule has 3 nitrogen and oxygen atoms in total. The van der Waals surface area contributed by atoms with Gasteiger partial charge in [-0.2, -0.15) is 0 Å². The van der Waals surface area contributed by atoms with Crippen molar-refractivity contribution in [2.75, 3.05) is 20.8 Å². The van der Waals surface area contributed by atoms with E-state index in [-0.39, 0.29) is 0 Å². The van der Waals surface area contributed by atoms with Crippen molar-refractivity contribution in [3.05, 3.63) is 23.8 Å². The van der Waals surface area contributed by atoms with Crippen molar-refractivity contribution in [2.45, 2.75) is 13.5 Å².